The Bertz CT molecular complexity index is 1190. The van der Waals surface area contributed by atoms with Crippen molar-refractivity contribution in [2.45, 2.75) is 12.6 Å². The molecule has 32 heavy (non-hydrogen) atoms. The number of hydrogen-bond donors (Lipinski definition) is 1. The fourth-order valence-electron chi connectivity index (χ4n) is 3.73. The maximum atomic E-state index is 13.5. The lowest BCUT2D eigenvalue weighted by atomic mass is 9.95. The van der Waals surface area contributed by atoms with Crippen molar-refractivity contribution in [3.8, 4) is 5.75 Å². The number of nitrogens with zero attached hydrogens (tertiary/aromatic N) is 1. The van der Waals surface area contributed by atoms with Gasteiger partial charge in [-0.05, 0) is 59.7 Å². The number of methoxy groups -OCH3 is 1. The molecule has 0 saturated carbocycles. The zero-order valence-electron chi connectivity index (χ0n) is 17.1. The summed E-state index contributed by atoms with van der Waals surface area (Å²) in [4.78, 5) is 27.2. The van der Waals surface area contributed by atoms with E-state index in [1.807, 2.05) is 0 Å². The maximum absolute atomic E-state index is 13.5. The molecule has 1 aliphatic heterocycles. The molecule has 1 fully saturated rings. The number of rotatable bonds is 5. The summed E-state index contributed by atoms with van der Waals surface area (Å²) in [5, 5.41) is 11.0. The molecule has 1 heterocycles. The van der Waals surface area contributed by atoms with Crippen molar-refractivity contribution in [3.63, 3.8) is 0 Å². The van der Waals surface area contributed by atoms with Crippen LogP contribution in [-0.4, -0.2) is 28.8 Å². The van der Waals surface area contributed by atoms with E-state index in [-0.39, 0.29) is 17.9 Å². The quantitative estimate of drug-likeness (QED) is 0.362. The summed E-state index contributed by atoms with van der Waals surface area (Å²) in [7, 11) is 1.50. The average Bonchev–Trinajstić information content (AvgIpc) is 3.05. The number of Topliss-reactive ketones (excluding diaryl/α,β-unsaturated/α-hetero) is 1. The molecule has 0 aliphatic carbocycles. The van der Waals surface area contributed by atoms with Gasteiger partial charge in [-0.25, -0.2) is 8.78 Å². The molecular weight excluding hydrogens is 416 g/mol. The van der Waals surface area contributed by atoms with Crippen LogP contribution in [0.15, 0.2) is 78.4 Å². The van der Waals surface area contributed by atoms with Crippen molar-refractivity contribution in [1.82, 2.24) is 4.90 Å². The van der Waals surface area contributed by atoms with E-state index in [0.717, 1.165) is 0 Å². The lowest BCUT2D eigenvalue weighted by Crippen LogP contribution is -2.29. The van der Waals surface area contributed by atoms with Gasteiger partial charge in [0.1, 0.15) is 23.1 Å². The Morgan fingerprint density at radius 3 is 2.03 bits per heavy atom. The number of ether oxygens (including phenoxy) is 1. The van der Waals surface area contributed by atoms with E-state index in [1.165, 1.54) is 60.5 Å². The smallest absolute Gasteiger partial charge is 0.295 e. The Hall–Kier alpha value is -4.00. The van der Waals surface area contributed by atoms with Crippen LogP contribution in [0.4, 0.5) is 8.78 Å². The molecule has 4 rings (SSSR count). The first-order chi connectivity index (χ1) is 15.4. The number of benzene rings is 3. The van der Waals surface area contributed by atoms with E-state index >= 15 is 0 Å². The van der Waals surface area contributed by atoms with Crippen LogP contribution in [0.25, 0.3) is 5.76 Å². The number of carbonyl (C=O) groups excluding carboxylic acids is 2. The lowest BCUT2D eigenvalue weighted by Gasteiger charge is -2.25. The number of carbonyl (C=O) groups is 2. The first kappa shape index (κ1) is 21.2. The van der Waals surface area contributed by atoms with Crippen molar-refractivity contribution < 1.29 is 28.2 Å². The van der Waals surface area contributed by atoms with Crippen LogP contribution in [-0.2, 0) is 16.1 Å². The highest BCUT2D eigenvalue weighted by molar-refractivity contribution is 6.46. The van der Waals surface area contributed by atoms with E-state index in [9.17, 15) is 23.5 Å². The van der Waals surface area contributed by atoms with Gasteiger partial charge in [-0.1, -0.05) is 24.3 Å². The summed E-state index contributed by atoms with van der Waals surface area (Å²) >= 11 is 0. The van der Waals surface area contributed by atoms with Crippen LogP contribution in [0, 0.1) is 11.6 Å². The van der Waals surface area contributed by atoms with E-state index in [1.54, 1.807) is 24.3 Å². The van der Waals surface area contributed by atoms with Crippen LogP contribution in [0.1, 0.15) is 22.7 Å². The molecule has 0 spiro atoms. The van der Waals surface area contributed by atoms with Crippen LogP contribution in [0.2, 0.25) is 0 Å². The second-order valence-corrected chi connectivity index (χ2v) is 7.33. The second kappa shape index (κ2) is 8.63. The van der Waals surface area contributed by atoms with Crippen LogP contribution in [0.3, 0.4) is 0 Å². The van der Waals surface area contributed by atoms with Crippen LogP contribution >= 0.6 is 0 Å². The van der Waals surface area contributed by atoms with Crippen LogP contribution < -0.4 is 4.74 Å². The normalized spacial score (nSPS) is 17.6. The van der Waals surface area contributed by atoms with Crippen molar-refractivity contribution in [3.05, 3.63) is 107 Å². The summed E-state index contributed by atoms with van der Waals surface area (Å²) in [6, 6.07) is 16.4. The molecule has 0 aromatic heterocycles. The standard InChI is InChI=1S/C25H19F2NO4/c1-32-20-12-6-17(7-13-20)23(29)21-22(16-4-10-19(27)11-5-16)28(25(31)24(21)30)14-15-2-8-18(26)9-3-15/h2-13,22,29H,14H2,1H3/b23-21-. The third-order valence-corrected chi connectivity index (χ3v) is 5.36. The number of amides is 1. The Labute approximate surface area is 183 Å². The topological polar surface area (TPSA) is 66.8 Å². The average molecular weight is 435 g/mol. The monoisotopic (exact) mass is 435 g/mol. The van der Waals surface area contributed by atoms with Gasteiger partial charge in [-0.2, -0.15) is 0 Å². The highest BCUT2D eigenvalue weighted by Crippen LogP contribution is 2.40. The molecule has 1 atom stereocenters. The summed E-state index contributed by atoms with van der Waals surface area (Å²) in [5.41, 5.74) is 1.29. The van der Waals surface area contributed by atoms with Crippen LogP contribution in [0.5, 0.6) is 5.75 Å². The molecule has 1 aliphatic rings. The molecule has 1 N–H and O–H groups in total. The van der Waals surface area contributed by atoms with Gasteiger partial charge in [0.05, 0.1) is 18.7 Å². The van der Waals surface area contributed by atoms with E-state index in [0.29, 0.717) is 22.4 Å². The third kappa shape index (κ3) is 3.97. The molecule has 1 saturated heterocycles. The van der Waals surface area contributed by atoms with Gasteiger partial charge in [-0.15, -0.1) is 0 Å². The minimum atomic E-state index is -0.942. The minimum absolute atomic E-state index is 0.00624. The number of likely N-dealkylation sites (tertiary alicyclic amines) is 1. The van der Waals surface area contributed by atoms with Crippen molar-refractivity contribution >= 4 is 17.4 Å². The molecular formula is C25H19F2NO4. The lowest BCUT2D eigenvalue weighted by molar-refractivity contribution is -0.140. The number of aliphatic hydroxyl groups excluding tert-OH is 1. The first-order valence-corrected chi connectivity index (χ1v) is 9.82. The summed E-state index contributed by atoms with van der Waals surface area (Å²) in [6.45, 7) is 0.00624. The Kier molecular flexibility index (Phi) is 5.73. The van der Waals surface area contributed by atoms with Crippen molar-refractivity contribution in [1.29, 1.82) is 0 Å². The van der Waals surface area contributed by atoms with Gasteiger partial charge in [-0.3, -0.25) is 9.59 Å². The molecule has 3 aromatic rings. The SMILES string of the molecule is COc1ccc(/C(O)=C2/C(=O)C(=O)N(Cc3ccc(F)cc3)C2c2ccc(F)cc2)cc1. The van der Waals surface area contributed by atoms with Gasteiger partial charge < -0.3 is 14.7 Å². The number of hydrogen-bond acceptors (Lipinski definition) is 4. The van der Waals surface area contributed by atoms with Crippen molar-refractivity contribution in [2.24, 2.45) is 0 Å². The molecule has 162 valence electrons. The Morgan fingerprint density at radius 2 is 1.47 bits per heavy atom. The fraction of sp³-hybridized carbons (Fsp3) is 0.120. The van der Waals surface area contributed by atoms with Gasteiger partial charge in [0.2, 0.25) is 0 Å². The third-order valence-electron chi connectivity index (χ3n) is 5.36. The molecule has 7 heteroatoms. The Morgan fingerprint density at radius 1 is 0.906 bits per heavy atom. The molecule has 1 amide bonds. The summed E-state index contributed by atoms with van der Waals surface area (Å²) in [5.74, 6) is -2.34. The maximum Gasteiger partial charge on any atom is 0.295 e. The highest BCUT2D eigenvalue weighted by atomic mass is 19.1. The zero-order valence-corrected chi connectivity index (χ0v) is 17.1. The second-order valence-electron chi connectivity index (χ2n) is 7.33. The van der Waals surface area contributed by atoms with E-state index in [4.69, 9.17) is 4.74 Å². The molecule has 3 aromatic carbocycles. The zero-order chi connectivity index (χ0) is 22.8. The van der Waals surface area contributed by atoms with Gasteiger partial charge in [0.25, 0.3) is 11.7 Å². The Balaban J connectivity index is 1.83. The first-order valence-electron chi connectivity index (χ1n) is 9.82. The summed E-state index contributed by atoms with van der Waals surface area (Å²) in [6.07, 6.45) is 0. The molecule has 1 unspecified atom stereocenters. The van der Waals surface area contributed by atoms with E-state index < -0.39 is 29.4 Å². The number of ketones is 1. The highest BCUT2D eigenvalue weighted by Gasteiger charge is 2.46. The minimum Gasteiger partial charge on any atom is -0.507 e. The number of halogens is 2. The fourth-order valence-corrected chi connectivity index (χ4v) is 3.73. The van der Waals surface area contributed by atoms with Gasteiger partial charge >= 0.3 is 0 Å². The van der Waals surface area contributed by atoms with E-state index in [2.05, 4.69) is 0 Å². The predicted molar refractivity (Wildman–Crippen MR) is 114 cm³/mol. The summed E-state index contributed by atoms with van der Waals surface area (Å²) < 4.78 is 32.0. The molecule has 5 nitrogen and oxygen atoms in total. The largest absolute Gasteiger partial charge is 0.507 e. The number of aliphatic hydroxyl groups is 1. The van der Waals surface area contributed by atoms with Crippen molar-refractivity contribution in [2.75, 3.05) is 7.11 Å². The van der Waals surface area contributed by atoms with Gasteiger partial charge in [0.15, 0.2) is 0 Å². The molecule has 0 bridgehead atoms. The van der Waals surface area contributed by atoms with Gasteiger partial charge in [0, 0.05) is 12.1 Å². The predicted octanol–water partition coefficient (Wildman–Crippen LogP) is 4.60. The molecule has 0 radical (unpaired) electrons.